The number of amides is 1. The second kappa shape index (κ2) is 8.92. The Morgan fingerprint density at radius 2 is 1.83 bits per heavy atom. The number of hydrogen-bond acceptors (Lipinski definition) is 6. The number of primary amides is 1. The van der Waals surface area contributed by atoms with Crippen LogP contribution in [0.5, 0.6) is 5.75 Å². The van der Waals surface area contributed by atoms with Gasteiger partial charge in [-0.15, -0.1) is 11.8 Å². The summed E-state index contributed by atoms with van der Waals surface area (Å²) in [5, 5.41) is 15.0. The molecule has 0 spiro atoms. The Bertz CT molecular complexity index is 1520. The first kappa shape index (κ1) is 23.2. The predicted octanol–water partition coefficient (Wildman–Crippen LogP) is 5.32. The van der Waals surface area contributed by atoms with Crippen molar-refractivity contribution in [3.63, 3.8) is 0 Å². The molecule has 1 amide bonds. The highest BCUT2D eigenvalue weighted by atomic mass is 35.5. The van der Waals surface area contributed by atoms with Crippen molar-refractivity contribution >= 4 is 46.8 Å². The number of carboxylic acids is 1. The average molecular weight is 527 g/mol. The number of aromatic carboxylic acids is 1. The van der Waals surface area contributed by atoms with Crippen molar-refractivity contribution in [1.82, 2.24) is 14.8 Å². The van der Waals surface area contributed by atoms with Crippen LogP contribution < -0.4 is 10.5 Å². The van der Waals surface area contributed by atoms with Gasteiger partial charge in [-0.1, -0.05) is 23.2 Å². The van der Waals surface area contributed by atoms with Gasteiger partial charge in [-0.05, 0) is 42.0 Å². The summed E-state index contributed by atoms with van der Waals surface area (Å²) < 4.78 is 7.18. The first-order chi connectivity index (χ1) is 16.8. The highest BCUT2D eigenvalue weighted by Gasteiger charge is 2.31. The minimum absolute atomic E-state index is 0.0680. The summed E-state index contributed by atoms with van der Waals surface area (Å²) in [6, 6.07) is 10.3. The minimum atomic E-state index is -1.14. The quantitative estimate of drug-likeness (QED) is 0.361. The van der Waals surface area contributed by atoms with E-state index in [9.17, 15) is 14.7 Å². The van der Waals surface area contributed by atoms with Gasteiger partial charge in [0.15, 0.2) is 5.69 Å². The number of hydrogen-bond donors (Lipinski definition) is 2. The van der Waals surface area contributed by atoms with Crippen LogP contribution >= 0.6 is 35.0 Å². The molecule has 0 aliphatic carbocycles. The van der Waals surface area contributed by atoms with E-state index in [0.29, 0.717) is 49.0 Å². The molecule has 3 N–H and O–H groups in total. The molecule has 0 radical (unpaired) electrons. The molecule has 35 heavy (non-hydrogen) atoms. The lowest BCUT2D eigenvalue weighted by molar-refractivity contribution is 0.0686. The summed E-state index contributed by atoms with van der Waals surface area (Å²) >= 11 is 13.8. The second-order valence-corrected chi connectivity index (χ2v) is 9.55. The van der Waals surface area contributed by atoms with Crippen molar-refractivity contribution in [3.8, 4) is 33.8 Å². The summed E-state index contributed by atoms with van der Waals surface area (Å²) in [6.45, 7) is 0. The molecule has 8 nitrogen and oxygen atoms in total. The number of rotatable bonds is 5. The van der Waals surface area contributed by atoms with Crippen LogP contribution in [0, 0.1) is 0 Å². The van der Waals surface area contributed by atoms with E-state index in [1.165, 1.54) is 22.6 Å². The van der Waals surface area contributed by atoms with Gasteiger partial charge in [-0.3, -0.25) is 9.78 Å². The fourth-order valence-corrected chi connectivity index (χ4v) is 5.64. The highest BCUT2D eigenvalue weighted by molar-refractivity contribution is 7.98. The number of methoxy groups -OCH3 is 1. The molecule has 176 valence electrons. The number of aromatic nitrogens is 3. The molecule has 0 saturated heterocycles. The van der Waals surface area contributed by atoms with Crippen molar-refractivity contribution in [3.05, 3.63) is 75.7 Å². The van der Waals surface area contributed by atoms with Crippen molar-refractivity contribution in [1.29, 1.82) is 0 Å². The third-order valence-corrected chi connectivity index (χ3v) is 7.09. The Balaban J connectivity index is 1.79. The van der Waals surface area contributed by atoms with Gasteiger partial charge in [0.2, 0.25) is 5.91 Å². The summed E-state index contributed by atoms with van der Waals surface area (Å²) in [5.74, 6) is -0.652. The van der Waals surface area contributed by atoms with E-state index in [0.717, 1.165) is 11.1 Å². The topological polar surface area (TPSA) is 120 Å². The lowest BCUT2D eigenvalue weighted by Crippen LogP contribution is -2.11. The molecule has 0 bridgehead atoms. The van der Waals surface area contributed by atoms with Gasteiger partial charge in [0, 0.05) is 44.9 Å². The maximum Gasteiger partial charge on any atom is 0.357 e. The van der Waals surface area contributed by atoms with E-state index in [4.69, 9.17) is 33.7 Å². The number of nitrogens with zero attached hydrogens (tertiary/aromatic N) is 3. The van der Waals surface area contributed by atoms with Crippen LogP contribution in [0.2, 0.25) is 10.0 Å². The molecule has 2 aromatic carbocycles. The summed E-state index contributed by atoms with van der Waals surface area (Å²) in [7, 11) is 1.55. The Morgan fingerprint density at radius 3 is 2.49 bits per heavy atom. The molecule has 0 saturated carbocycles. The fourth-order valence-electron chi connectivity index (χ4n) is 3.99. The number of ether oxygens (including phenoxy) is 1. The van der Waals surface area contributed by atoms with E-state index in [-0.39, 0.29) is 11.3 Å². The number of thioether (sulfide) groups is 1. The SMILES string of the molecule is COc1cc2c(cc1-c1cncc(C(N)=O)c1)-c1c(c(C(=O)O)nn1-c1cc(Cl)cc(Cl)c1)SC2. The van der Waals surface area contributed by atoms with E-state index >= 15 is 0 Å². The van der Waals surface area contributed by atoms with E-state index < -0.39 is 11.9 Å². The molecular weight excluding hydrogens is 511 g/mol. The number of carboxylic acid groups (broad SMARTS) is 1. The minimum Gasteiger partial charge on any atom is -0.496 e. The standard InChI is InChI=1S/C24H16Cl2N4O4S/c1-34-19-3-13-10-35-22-20(24(32)33)29-30(16-5-14(25)4-15(26)6-16)21(22)18(13)7-17(19)11-2-12(23(27)31)9-28-8-11/h2-9H,10H2,1H3,(H2,27,31)(H,32,33). The third-order valence-electron chi connectivity index (χ3n) is 5.52. The van der Waals surface area contributed by atoms with E-state index in [1.807, 2.05) is 12.1 Å². The van der Waals surface area contributed by atoms with Gasteiger partial charge in [0.1, 0.15) is 5.75 Å². The molecule has 1 aliphatic heterocycles. The fraction of sp³-hybridized carbons (Fsp3) is 0.0833. The molecule has 0 unspecified atom stereocenters. The van der Waals surface area contributed by atoms with Crippen molar-refractivity contribution < 1.29 is 19.4 Å². The average Bonchev–Trinajstić information content (AvgIpc) is 3.23. The summed E-state index contributed by atoms with van der Waals surface area (Å²) in [5.41, 5.74) is 9.71. The van der Waals surface area contributed by atoms with Gasteiger partial charge in [0.05, 0.1) is 29.0 Å². The van der Waals surface area contributed by atoms with Gasteiger partial charge in [-0.2, -0.15) is 5.10 Å². The number of fused-ring (bicyclic) bond motifs is 3. The van der Waals surface area contributed by atoms with Crippen molar-refractivity contribution in [2.24, 2.45) is 5.73 Å². The summed E-state index contributed by atoms with van der Waals surface area (Å²) in [4.78, 5) is 28.4. The highest BCUT2D eigenvalue weighted by Crippen LogP contribution is 2.48. The molecule has 0 fully saturated rings. The van der Waals surface area contributed by atoms with E-state index in [2.05, 4.69) is 10.1 Å². The zero-order chi connectivity index (χ0) is 24.9. The van der Waals surface area contributed by atoms with Gasteiger partial charge >= 0.3 is 5.97 Å². The van der Waals surface area contributed by atoms with Crippen molar-refractivity contribution in [2.75, 3.05) is 7.11 Å². The predicted molar refractivity (Wildman–Crippen MR) is 134 cm³/mol. The molecule has 3 heterocycles. The number of carbonyl (C=O) groups excluding carboxylic acids is 1. The Morgan fingerprint density at radius 1 is 1.09 bits per heavy atom. The smallest absolute Gasteiger partial charge is 0.357 e. The zero-order valence-electron chi connectivity index (χ0n) is 18.1. The third kappa shape index (κ3) is 4.12. The number of pyridine rings is 1. The first-order valence-electron chi connectivity index (χ1n) is 10.2. The van der Waals surface area contributed by atoms with Crippen LogP contribution in [0.15, 0.2) is 53.7 Å². The Hall–Kier alpha value is -3.53. The first-order valence-corrected chi connectivity index (χ1v) is 11.9. The summed E-state index contributed by atoms with van der Waals surface area (Å²) in [6.07, 6.45) is 2.99. The number of carbonyl (C=O) groups is 2. The van der Waals surface area contributed by atoms with Crippen molar-refractivity contribution in [2.45, 2.75) is 10.6 Å². The number of halogens is 2. The molecule has 1 aliphatic rings. The normalized spacial score (nSPS) is 12.1. The molecule has 0 atom stereocenters. The molecule has 2 aromatic heterocycles. The maximum atomic E-state index is 12.0. The van der Waals surface area contributed by atoms with Crippen LogP contribution in [-0.2, 0) is 5.75 Å². The largest absolute Gasteiger partial charge is 0.496 e. The van der Waals surface area contributed by atoms with Crippen LogP contribution in [-0.4, -0.2) is 38.9 Å². The van der Waals surface area contributed by atoms with Crippen LogP contribution in [0.25, 0.3) is 28.1 Å². The molecule has 5 rings (SSSR count). The maximum absolute atomic E-state index is 12.0. The molecular formula is C24H16Cl2N4O4S. The molecule has 11 heteroatoms. The van der Waals surface area contributed by atoms with Crippen LogP contribution in [0.4, 0.5) is 0 Å². The van der Waals surface area contributed by atoms with Crippen LogP contribution in [0.3, 0.4) is 0 Å². The zero-order valence-corrected chi connectivity index (χ0v) is 20.4. The van der Waals surface area contributed by atoms with Crippen LogP contribution in [0.1, 0.15) is 26.4 Å². The number of benzene rings is 2. The lowest BCUT2D eigenvalue weighted by atomic mass is 9.96. The molecule has 4 aromatic rings. The van der Waals surface area contributed by atoms with Gasteiger partial charge in [-0.25, -0.2) is 9.48 Å². The monoisotopic (exact) mass is 526 g/mol. The number of nitrogens with two attached hydrogens (primary N) is 1. The lowest BCUT2D eigenvalue weighted by Gasteiger charge is -2.21. The Kier molecular flexibility index (Phi) is 5.92. The Labute approximate surface area is 213 Å². The van der Waals surface area contributed by atoms with Gasteiger partial charge < -0.3 is 15.6 Å². The second-order valence-electron chi connectivity index (χ2n) is 7.70. The van der Waals surface area contributed by atoms with E-state index in [1.54, 1.807) is 37.6 Å². The van der Waals surface area contributed by atoms with Gasteiger partial charge in [0.25, 0.3) is 0 Å².